The summed E-state index contributed by atoms with van der Waals surface area (Å²) in [7, 11) is 0. The van der Waals surface area contributed by atoms with Gasteiger partial charge in [-0.15, -0.1) is 11.3 Å². The van der Waals surface area contributed by atoms with Crippen LogP contribution >= 0.6 is 11.3 Å². The van der Waals surface area contributed by atoms with Gasteiger partial charge in [-0.1, -0.05) is 18.2 Å². The van der Waals surface area contributed by atoms with Crippen LogP contribution in [0.4, 0.5) is 5.69 Å². The van der Waals surface area contributed by atoms with Crippen LogP contribution in [0.3, 0.4) is 0 Å². The number of fused-ring (bicyclic) bond motifs is 2. The second-order valence-corrected chi connectivity index (χ2v) is 8.87. The Morgan fingerprint density at radius 3 is 2.75 bits per heavy atom. The van der Waals surface area contributed by atoms with Gasteiger partial charge in [0.25, 0.3) is 11.5 Å². The molecule has 3 aromatic heterocycles. The Morgan fingerprint density at radius 2 is 1.94 bits per heavy atom. The molecule has 1 fully saturated rings. The number of pyridine rings is 1. The largest absolute Gasteiger partial charge is 0.341 e. The minimum absolute atomic E-state index is 0.0403. The fraction of sp³-hybridized carbons (Fsp3) is 0.261. The molecule has 0 unspecified atom stereocenters. The van der Waals surface area contributed by atoms with Gasteiger partial charge in [0.1, 0.15) is 11.4 Å². The van der Waals surface area contributed by atoms with E-state index in [-0.39, 0.29) is 23.9 Å². The molecule has 4 aromatic rings. The second kappa shape index (κ2) is 8.16. The van der Waals surface area contributed by atoms with E-state index in [1.54, 1.807) is 18.0 Å². The molecule has 8 nitrogen and oxygen atoms in total. The maximum absolute atomic E-state index is 13.1. The van der Waals surface area contributed by atoms with Crippen LogP contribution < -0.4 is 10.9 Å². The van der Waals surface area contributed by atoms with Gasteiger partial charge in [0.2, 0.25) is 5.91 Å². The maximum atomic E-state index is 13.1. The molecular weight excluding hydrogens is 426 g/mol. The number of anilines is 1. The highest BCUT2D eigenvalue weighted by molar-refractivity contribution is 7.20. The Labute approximate surface area is 187 Å². The van der Waals surface area contributed by atoms with Gasteiger partial charge >= 0.3 is 0 Å². The average Bonchev–Trinajstić information content (AvgIpc) is 3.44. The summed E-state index contributed by atoms with van der Waals surface area (Å²) in [5, 5.41) is 4.17. The Bertz CT molecular complexity index is 1420. The minimum atomic E-state index is -0.318. The molecule has 1 aromatic carbocycles. The van der Waals surface area contributed by atoms with Crippen molar-refractivity contribution >= 4 is 50.0 Å². The predicted molar refractivity (Wildman–Crippen MR) is 124 cm³/mol. The first-order valence-electron chi connectivity index (χ1n) is 10.4. The first-order valence-corrected chi connectivity index (χ1v) is 11.3. The highest BCUT2D eigenvalue weighted by atomic mass is 32.1. The van der Waals surface area contributed by atoms with Gasteiger partial charge in [-0.05, 0) is 37.5 Å². The van der Waals surface area contributed by atoms with Gasteiger partial charge < -0.3 is 10.2 Å². The smallest absolute Gasteiger partial charge is 0.266 e. The third-order valence-corrected chi connectivity index (χ3v) is 6.93. The lowest BCUT2D eigenvalue weighted by molar-refractivity contribution is -0.130. The highest BCUT2D eigenvalue weighted by Crippen LogP contribution is 2.28. The number of para-hydroxylation sites is 1. The number of carbonyl (C=O) groups excluding carboxylic acids is 2. The third-order valence-electron chi connectivity index (χ3n) is 5.74. The van der Waals surface area contributed by atoms with Crippen molar-refractivity contribution < 1.29 is 9.59 Å². The molecule has 1 saturated heterocycles. The molecule has 2 amide bonds. The average molecular weight is 448 g/mol. The number of hydrogen-bond acceptors (Lipinski definition) is 6. The van der Waals surface area contributed by atoms with Gasteiger partial charge in [0.05, 0.1) is 34.0 Å². The molecule has 32 heavy (non-hydrogen) atoms. The van der Waals surface area contributed by atoms with Crippen molar-refractivity contribution in [2.75, 3.05) is 18.4 Å². The van der Waals surface area contributed by atoms with E-state index in [1.807, 2.05) is 30.3 Å². The zero-order valence-electron chi connectivity index (χ0n) is 17.5. The van der Waals surface area contributed by atoms with Crippen LogP contribution in [0.5, 0.6) is 0 Å². The van der Waals surface area contributed by atoms with E-state index in [0.717, 1.165) is 36.8 Å². The Balaban J connectivity index is 1.43. The lowest BCUT2D eigenvalue weighted by Crippen LogP contribution is -2.34. The van der Waals surface area contributed by atoms with Crippen molar-refractivity contribution in [1.82, 2.24) is 19.4 Å². The maximum Gasteiger partial charge on any atom is 0.266 e. The molecular formula is C23H21N5O3S. The van der Waals surface area contributed by atoms with Crippen LogP contribution in [-0.2, 0) is 11.3 Å². The zero-order valence-corrected chi connectivity index (χ0v) is 18.3. The molecule has 9 heteroatoms. The summed E-state index contributed by atoms with van der Waals surface area (Å²) in [5.41, 5.74) is 1.68. The van der Waals surface area contributed by atoms with E-state index in [0.29, 0.717) is 26.3 Å². The first-order chi connectivity index (χ1) is 15.5. The highest BCUT2D eigenvalue weighted by Gasteiger charge is 2.22. The first kappa shape index (κ1) is 20.3. The predicted octanol–water partition coefficient (Wildman–Crippen LogP) is 3.19. The molecule has 0 saturated carbocycles. The number of rotatable bonds is 4. The SMILES string of the molecule is Cc1c(C(=O)Nc2cnc3ccccc3c2)sc2ncn(CC(=O)N3CCCC3)c(=O)c12. The van der Waals surface area contributed by atoms with Crippen LogP contribution in [-0.4, -0.2) is 44.3 Å². The normalized spacial score (nSPS) is 13.7. The van der Waals surface area contributed by atoms with Crippen molar-refractivity contribution in [2.45, 2.75) is 26.3 Å². The standard InChI is InChI=1S/C23H21N5O3S/c1-14-19-22(25-13-28(23(19)31)12-18(29)27-8-4-5-9-27)32-20(14)21(30)26-16-10-15-6-2-3-7-17(15)24-11-16/h2-3,6-7,10-11,13H,4-5,8-9,12H2,1H3,(H,26,30). The molecule has 162 valence electrons. The lowest BCUT2D eigenvalue weighted by atomic mass is 10.2. The fourth-order valence-electron chi connectivity index (χ4n) is 4.03. The van der Waals surface area contributed by atoms with Crippen LogP contribution in [0.2, 0.25) is 0 Å². The number of benzene rings is 1. The molecule has 4 heterocycles. The lowest BCUT2D eigenvalue weighted by Gasteiger charge is -2.15. The number of nitrogens with zero attached hydrogens (tertiary/aromatic N) is 4. The van der Waals surface area contributed by atoms with Crippen LogP contribution in [0, 0.1) is 6.92 Å². The van der Waals surface area contributed by atoms with E-state index in [2.05, 4.69) is 15.3 Å². The van der Waals surface area contributed by atoms with Crippen LogP contribution in [0.1, 0.15) is 28.1 Å². The van der Waals surface area contributed by atoms with Gasteiger partial charge in [-0.2, -0.15) is 0 Å². The Kier molecular flexibility index (Phi) is 5.18. The number of carbonyl (C=O) groups is 2. The van der Waals surface area contributed by atoms with E-state index in [9.17, 15) is 14.4 Å². The Morgan fingerprint density at radius 1 is 1.16 bits per heavy atom. The molecule has 0 spiro atoms. The molecule has 0 radical (unpaired) electrons. The van der Waals surface area contributed by atoms with Crippen molar-refractivity contribution in [2.24, 2.45) is 0 Å². The summed E-state index contributed by atoms with van der Waals surface area (Å²) in [4.78, 5) is 49.9. The number of likely N-dealkylation sites (tertiary alicyclic amines) is 1. The number of hydrogen-bond donors (Lipinski definition) is 1. The van der Waals surface area contributed by atoms with E-state index < -0.39 is 0 Å². The number of aromatic nitrogens is 3. The third kappa shape index (κ3) is 3.64. The van der Waals surface area contributed by atoms with Gasteiger partial charge in [0, 0.05) is 18.5 Å². The summed E-state index contributed by atoms with van der Waals surface area (Å²) in [6, 6.07) is 9.52. The number of thiophene rings is 1. The number of nitrogens with one attached hydrogen (secondary N) is 1. The van der Waals surface area contributed by atoms with E-state index >= 15 is 0 Å². The molecule has 0 aliphatic carbocycles. The zero-order chi connectivity index (χ0) is 22.2. The summed E-state index contributed by atoms with van der Waals surface area (Å²) in [5.74, 6) is -0.401. The summed E-state index contributed by atoms with van der Waals surface area (Å²) >= 11 is 1.17. The molecule has 0 bridgehead atoms. The number of aryl methyl sites for hydroxylation is 1. The van der Waals surface area contributed by atoms with E-state index in [1.165, 1.54) is 22.2 Å². The minimum Gasteiger partial charge on any atom is -0.341 e. The fourth-order valence-corrected chi connectivity index (χ4v) is 5.06. The van der Waals surface area contributed by atoms with Crippen molar-refractivity contribution in [3.8, 4) is 0 Å². The quantitative estimate of drug-likeness (QED) is 0.518. The van der Waals surface area contributed by atoms with Gasteiger partial charge in [-0.3, -0.25) is 23.9 Å². The summed E-state index contributed by atoms with van der Waals surface area (Å²) in [6.45, 7) is 3.16. The van der Waals surface area contributed by atoms with Crippen LogP contribution in [0.15, 0.2) is 47.7 Å². The van der Waals surface area contributed by atoms with E-state index in [4.69, 9.17) is 0 Å². The monoisotopic (exact) mass is 447 g/mol. The topological polar surface area (TPSA) is 97.2 Å². The Hall–Kier alpha value is -3.59. The second-order valence-electron chi connectivity index (χ2n) is 7.87. The number of amides is 2. The molecule has 5 rings (SSSR count). The molecule has 1 aliphatic heterocycles. The molecule has 1 N–H and O–H groups in total. The summed E-state index contributed by atoms with van der Waals surface area (Å²) < 4.78 is 1.33. The molecule has 1 aliphatic rings. The van der Waals surface area contributed by atoms with Crippen molar-refractivity contribution in [3.63, 3.8) is 0 Å². The van der Waals surface area contributed by atoms with Gasteiger partial charge in [0.15, 0.2) is 0 Å². The van der Waals surface area contributed by atoms with Crippen LogP contribution in [0.25, 0.3) is 21.1 Å². The summed E-state index contributed by atoms with van der Waals surface area (Å²) in [6.07, 6.45) is 4.99. The van der Waals surface area contributed by atoms with Gasteiger partial charge in [-0.25, -0.2) is 4.98 Å². The van der Waals surface area contributed by atoms with Crippen molar-refractivity contribution in [3.05, 3.63) is 63.7 Å². The molecule has 0 atom stereocenters. The van der Waals surface area contributed by atoms with Crippen molar-refractivity contribution in [1.29, 1.82) is 0 Å².